The fourth-order valence-electron chi connectivity index (χ4n) is 4.68. The van der Waals surface area contributed by atoms with Crippen LogP contribution in [0, 0.1) is 17.5 Å². The normalized spacial score (nSPS) is 17.6. The van der Waals surface area contributed by atoms with Crippen LogP contribution in [0.2, 0.25) is 0 Å². The second kappa shape index (κ2) is 12.1. The highest BCUT2D eigenvalue weighted by molar-refractivity contribution is 5.65. The molecule has 0 unspecified atom stereocenters. The lowest BCUT2D eigenvalue weighted by molar-refractivity contribution is 0.0325. The molecule has 1 fully saturated rings. The predicted octanol–water partition coefficient (Wildman–Crippen LogP) is 7.98. The molecule has 0 atom stereocenters. The van der Waals surface area contributed by atoms with E-state index in [1.807, 2.05) is 6.92 Å². The predicted molar refractivity (Wildman–Crippen MR) is 135 cm³/mol. The first-order chi connectivity index (χ1) is 17.5. The Balaban J connectivity index is 1.39. The van der Waals surface area contributed by atoms with Crippen LogP contribution in [0.15, 0.2) is 67.3 Å². The summed E-state index contributed by atoms with van der Waals surface area (Å²) in [6.07, 6.45) is 5.07. The SMILES string of the molecule is C=CCOc1ccc(COc2ccc(-c3ccc(C4CCC(OCC)CC4)c(F)c3F)cc2)cc1F. The van der Waals surface area contributed by atoms with E-state index < -0.39 is 17.5 Å². The maximum Gasteiger partial charge on any atom is 0.166 e. The maximum absolute atomic E-state index is 15.0. The van der Waals surface area contributed by atoms with Gasteiger partial charge in [-0.25, -0.2) is 13.2 Å². The minimum absolute atomic E-state index is 0.00786. The van der Waals surface area contributed by atoms with Crippen molar-refractivity contribution in [2.45, 2.75) is 51.2 Å². The van der Waals surface area contributed by atoms with Crippen LogP contribution in [0.1, 0.15) is 49.7 Å². The molecule has 3 aromatic carbocycles. The van der Waals surface area contributed by atoms with Crippen LogP contribution in [0.3, 0.4) is 0 Å². The molecule has 36 heavy (non-hydrogen) atoms. The van der Waals surface area contributed by atoms with E-state index in [0.717, 1.165) is 25.7 Å². The van der Waals surface area contributed by atoms with E-state index in [4.69, 9.17) is 14.2 Å². The highest BCUT2D eigenvalue weighted by atomic mass is 19.2. The maximum atomic E-state index is 15.0. The minimum Gasteiger partial charge on any atom is -0.489 e. The molecular formula is C30H31F3O3. The molecule has 0 aliphatic heterocycles. The third kappa shape index (κ3) is 6.11. The summed E-state index contributed by atoms with van der Waals surface area (Å²) in [5.41, 5.74) is 1.85. The topological polar surface area (TPSA) is 27.7 Å². The smallest absolute Gasteiger partial charge is 0.166 e. The minimum atomic E-state index is -0.831. The van der Waals surface area contributed by atoms with Gasteiger partial charge in [0.05, 0.1) is 6.10 Å². The van der Waals surface area contributed by atoms with E-state index in [9.17, 15) is 4.39 Å². The summed E-state index contributed by atoms with van der Waals surface area (Å²) in [6, 6.07) is 14.7. The van der Waals surface area contributed by atoms with E-state index in [1.54, 1.807) is 54.6 Å². The lowest BCUT2D eigenvalue weighted by Gasteiger charge is -2.29. The molecule has 3 aromatic rings. The van der Waals surface area contributed by atoms with Gasteiger partial charge in [-0.15, -0.1) is 0 Å². The van der Waals surface area contributed by atoms with Crippen LogP contribution in [-0.2, 0) is 11.3 Å². The third-order valence-corrected chi connectivity index (χ3v) is 6.55. The summed E-state index contributed by atoms with van der Waals surface area (Å²) in [5, 5.41) is 0. The van der Waals surface area contributed by atoms with Crippen molar-refractivity contribution in [3.8, 4) is 22.6 Å². The van der Waals surface area contributed by atoms with Gasteiger partial charge in [-0.2, -0.15) is 0 Å². The van der Waals surface area contributed by atoms with Crippen molar-refractivity contribution in [3.05, 3.63) is 95.8 Å². The van der Waals surface area contributed by atoms with Crippen LogP contribution in [0.5, 0.6) is 11.5 Å². The van der Waals surface area contributed by atoms with Crippen molar-refractivity contribution < 1.29 is 27.4 Å². The molecule has 1 saturated carbocycles. The number of halogens is 3. The molecule has 0 aromatic heterocycles. The second-order valence-electron chi connectivity index (χ2n) is 8.94. The van der Waals surface area contributed by atoms with Crippen LogP contribution < -0.4 is 9.47 Å². The fraction of sp³-hybridized carbons (Fsp3) is 0.333. The van der Waals surface area contributed by atoms with Crippen molar-refractivity contribution in [2.75, 3.05) is 13.2 Å². The average Bonchev–Trinajstić information content (AvgIpc) is 2.90. The number of ether oxygens (including phenoxy) is 3. The zero-order valence-corrected chi connectivity index (χ0v) is 20.4. The van der Waals surface area contributed by atoms with Crippen molar-refractivity contribution in [3.63, 3.8) is 0 Å². The Morgan fingerprint density at radius 3 is 2.31 bits per heavy atom. The number of rotatable bonds is 10. The van der Waals surface area contributed by atoms with Gasteiger partial charge in [-0.05, 0) is 79.5 Å². The van der Waals surface area contributed by atoms with E-state index in [2.05, 4.69) is 6.58 Å². The molecule has 6 heteroatoms. The standard InChI is InChI=1S/C30H31F3O3/c1-3-17-35-28-16-5-20(18-27(28)31)19-36-24-12-8-22(9-13-24)26-15-14-25(29(32)30(26)33)21-6-10-23(11-7-21)34-4-2/h3,5,8-9,12-16,18,21,23H,1,4,6-7,10-11,17,19H2,2H3. The summed E-state index contributed by atoms with van der Waals surface area (Å²) in [5.74, 6) is -1.38. The Bertz CT molecular complexity index is 1170. The lowest BCUT2D eigenvalue weighted by Crippen LogP contribution is -2.21. The second-order valence-corrected chi connectivity index (χ2v) is 8.94. The Hall–Kier alpha value is -3.25. The van der Waals surface area contributed by atoms with Crippen molar-refractivity contribution in [2.24, 2.45) is 0 Å². The quantitative estimate of drug-likeness (QED) is 0.266. The van der Waals surface area contributed by atoms with Crippen LogP contribution >= 0.6 is 0 Å². The van der Waals surface area contributed by atoms with Gasteiger partial charge in [0.15, 0.2) is 23.2 Å². The molecule has 4 rings (SSSR count). The molecule has 0 heterocycles. The zero-order valence-electron chi connectivity index (χ0n) is 20.4. The van der Waals surface area contributed by atoms with E-state index in [1.165, 1.54) is 6.07 Å². The average molecular weight is 497 g/mol. The fourth-order valence-corrected chi connectivity index (χ4v) is 4.68. The van der Waals surface area contributed by atoms with Gasteiger partial charge in [0.25, 0.3) is 0 Å². The highest BCUT2D eigenvalue weighted by Gasteiger charge is 2.26. The highest BCUT2D eigenvalue weighted by Crippen LogP contribution is 2.38. The lowest BCUT2D eigenvalue weighted by atomic mass is 9.82. The van der Waals surface area contributed by atoms with E-state index in [0.29, 0.717) is 29.0 Å². The zero-order chi connectivity index (χ0) is 25.5. The first-order valence-electron chi connectivity index (χ1n) is 12.3. The Kier molecular flexibility index (Phi) is 8.70. The van der Waals surface area contributed by atoms with Gasteiger partial charge >= 0.3 is 0 Å². The van der Waals surface area contributed by atoms with Gasteiger partial charge < -0.3 is 14.2 Å². The summed E-state index contributed by atoms with van der Waals surface area (Å²) >= 11 is 0. The van der Waals surface area contributed by atoms with Gasteiger partial charge in [0.1, 0.15) is 19.0 Å². The molecule has 3 nitrogen and oxygen atoms in total. The van der Waals surface area contributed by atoms with E-state index >= 15 is 8.78 Å². The molecule has 0 saturated heterocycles. The molecule has 0 N–H and O–H groups in total. The molecule has 1 aliphatic rings. The molecule has 1 aliphatic carbocycles. The first-order valence-corrected chi connectivity index (χ1v) is 12.3. The molecule has 0 spiro atoms. The number of hydrogen-bond donors (Lipinski definition) is 0. The summed E-state index contributed by atoms with van der Waals surface area (Å²) < 4.78 is 60.8. The molecule has 0 radical (unpaired) electrons. The Labute approximate surface area is 210 Å². The third-order valence-electron chi connectivity index (χ3n) is 6.55. The van der Waals surface area contributed by atoms with Gasteiger partial charge in [0.2, 0.25) is 0 Å². The van der Waals surface area contributed by atoms with Crippen LogP contribution in [-0.4, -0.2) is 19.3 Å². The summed E-state index contributed by atoms with van der Waals surface area (Å²) in [6.45, 7) is 6.57. The number of benzene rings is 3. The monoisotopic (exact) mass is 496 g/mol. The molecule has 0 amide bonds. The van der Waals surface area contributed by atoms with Gasteiger partial charge in [0, 0.05) is 12.2 Å². The Morgan fingerprint density at radius 2 is 1.64 bits per heavy atom. The Morgan fingerprint density at radius 1 is 0.889 bits per heavy atom. The van der Waals surface area contributed by atoms with Gasteiger partial charge in [-0.3, -0.25) is 0 Å². The molecular weight excluding hydrogens is 465 g/mol. The van der Waals surface area contributed by atoms with Crippen molar-refractivity contribution >= 4 is 0 Å². The number of hydrogen-bond acceptors (Lipinski definition) is 3. The molecule has 190 valence electrons. The largest absolute Gasteiger partial charge is 0.489 e. The summed E-state index contributed by atoms with van der Waals surface area (Å²) in [4.78, 5) is 0. The van der Waals surface area contributed by atoms with Gasteiger partial charge in [-0.1, -0.05) is 43.0 Å². The summed E-state index contributed by atoms with van der Waals surface area (Å²) in [7, 11) is 0. The molecule has 0 bridgehead atoms. The van der Waals surface area contributed by atoms with Crippen LogP contribution in [0.25, 0.3) is 11.1 Å². The van der Waals surface area contributed by atoms with Crippen LogP contribution in [0.4, 0.5) is 13.2 Å². The van der Waals surface area contributed by atoms with Crippen molar-refractivity contribution in [1.82, 2.24) is 0 Å². The van der Waals surface area contributed by atoms with E-state index in [-0.39, 0.29) is 36.5 Å². The first kappa shape index (κ1) is 25.8. The van der Waals surface area contributed by atoms with Crippen molar-refractivity contribution in [1.29, 1.82) is 0 Å².